The minimum Gasteiger partial charge on any atom is -0.494 e. The van der Waals surface area contributed by atoms with Crippen molar-refractivity contribution in [2.24, 2.45) is 7.05 Å². The highest BCUT2D eigenvalue weighted by Crippen LogP contribution is 2.19. The zero-order valence-corrected chi connectivity index (χ0v) is 12.6. The molecule has 2 aromatic heterocycles. The summed E-state index contributed by atoms with van der Waals surface area (Å²) in [5, 5.41) is 0. The van der Waals surface area contributed by atoms with E-state index in [1.54, 1.807) is 17.0 Å². The van der Waals surface area contributed by atoms with Crippen LogP contribution in [0.25, 0.3) is 11.2 Å². The number of fused-ring (bicyclic) bond motifs is 1. The SMILES string of the molecule is COc1cc(COC(=O)c2cnc3c(c2)ncn3C)ccc1F. The molecule has 118 valence electrons. The van der Waals surface area contributed by atoms with Crippen molar-refractivity contribution in [3.8, 4) is 5.75 Å². The van der Waals surface area contributed by atoms with E-state index in [1.807, 2.05) is 7.05 Å². The number of nitrogens with zero attached hydrogens (tertiary/aromatic N) is 3. The summed E-state index contributed by atoms with van der Waals surface area (Å²) in [6, 6.07) is 5.91. The molecule has 2 heterocycles. The molecule has 0 spiro atoms. The quantitative estimate of drug-likeness (QED) is 0.692. The summed E-state index contributed by atoms with van der Waals surface area (Å²) in [5.41, 5.74) is 2.24. The van der Waals surface area contributed by atoms with Crippen molar-refractivity contribution in [3.05, 3.63) is 53.7 Å². The van der Waals surface area contributed by atoms with Crippen LogP contribution in [-0.2, 0) is 18.4 Å². The molecule has 3 aromatic rings. The Morgan fingerprint density at radius 1 is 1.30 bits per heavy atom. The second-order valence-electron chi connectivity index (χ2n) is 4.97. The van der Waals surface area contributed by atoms with Crippen LogP contribution >= 0.6 is 0 Å². The Hall–Kier alpha value is -2.96. The number of carbonyl (C=O) groups excluding carboxylic acids is 1. The number of benzene rings is 1. The summed E-state index contributed by atoms with van der Waals surface area (Å²) in [4.78, 5) is 20.4. The van der Waals surface area contributed by atoms with Gasteiger partial charge in [0.1, 0.15) is 12.1 Å². The number of hydrogen-bond donors (Lipinski definition) is 0. The maximum atomic E-state index is 13.3. The minimum atomic E-state index is -0.520. The smallest absolute Gasteiger partial charge is 0.340 e. The maximum absolute atomic E-state index is 13.3. The highest BCUT2D eigenvalue weighted by Gasteiger charge is 2.12. The van der Waals surface area contributed by atoms with Crippen molar-refractivity contribution in [3.63, 3.8) is 0 Å². The summed E-state index contributed by atoms with van der Waals surface area (Å²) in [7, 11) is 3.20. The molecule has 0 fully saturated rings. The first kappa shape index (κ1) is 15.0. The fourth-order valence-electron chi connectivity index (χ4n) is 2.15. The van der Waals surface area contributed by atoms with Crippen LogP contribution in [0.3, 0.4) is 0 Å². The number of aromatic nitrogens is 3. The first-order valence-electron chi connectivity index (χ1n) is 6.85. The molecular formula is C16H14FN3O3. The van der Waals surface area contributed by atoms with Crippen LogP contribution in [0.4, 0.5) is 4.39 Å². The maximum Gasteiger partial charge on any atom is 0.340 e. The van der Waals surface area contributed by atoms with Crippen molar-refractivity contribution >= 4 is 17.1 Å². The van der Waals surface area contributed by atoms with Crippen LogP contribution in [0.1, 0.15) is 15.9 Å². The number of hydrogen-bond acceptors (Lipinski definition) is 5. The lowest BCUT2D eigenvalue weighted by Gasteiger charge is -2.07. The average molecular weight is 315 g/mol. The molecule has 0 saturated heterocycles. The van der Waals surface area contributed by atoms with E-state index in [9.17, 15) is 9.18 Å². The Balaban J connectivity index is 1.73. The van der Waals surface area contributed by atoms with Gasteiger partial charge in [0.2, 0.25) is 0 Å². The Kier molecular flexibility index (Phi) is 3.92. The van der Waals surface area contributed by atoms with E-state index in [4.69, 9.17) is 9.47 Å². The predicted molar refractivity (Wildman–Crippen MR) is 80.6 cm³/mol. The van der Waals surface area contributed by atoms with Gasteiger partial charge >= 0.3 is 5.97 Å². The monoisotopic (exact) mass is 315 g/mol. The highest BCUT2D eigenvalue weighted by molar-refractivity contribution is 5.92. The van der Waals surface area contributed by atoms with Gasteiger partial charge in [0.05, 0.1) is 19.0 Å². The molecule has 1 aromatic carbocycles. The number of rotatable bonds is 4. The van der Waals surface area contributed by atoms with Crippen LogP contribution in [0.15, 0.2) is 36.8 Å². The predicted octanol–water partition coefficient (Wildman–Crippen LogP) is 2.47. The zero-order valence-electron chi connectivity index (χ0n) is 12.6. The van der Waals surface area contributed by atoms with Crippen LogP contribution in [0.2, 0.25) is 0 Å². The molecule has 23 heavy (non-hydrogen) atoms. The van der Waals surface area contributed by atoms with Crippen LogP contribution in [0.5, 0.6) is 5.75 Å². The molecule has 0 atom stereocenters. The first-order valence-corrected chi connectivity index (χ1v) is 6.85. The molecule has 0 aliphatic carbocycles. The van der Waals surface area contributed by atoms with Gasteiger partial charge in [-0.15, -0.1) is 0 Å². The van der Waals surface area contributed by atoms with Crippen molar-refractivity contribution in [1.29, 1.82) is 0 Å². The van der Waals surface area contributed by atoms with Crippen molar-refractivity contribution in [2.75, 3.05) is 7.11 Å². The first-order chi connectivity index (χ1) is 11.1. The molecule has 0 aliphatic rings. The normalized spacial score (nSPS) is 10.7. The zero-order chi connectivity index (χ0) is 16.4. The highest BCUT2D eigenvalue weighted by atomic mass is 19.1. The van der Waals surface area contributed by atoms with Gasteiger partial charge in [-0.05, 0) is 23.8 Å². The Morgan fingerprint density at radius 3 is 2.91 bits per heavy atom. The van der Waals surface area contributed by atoms with Gasteiger partial charge < -0.3 is 14.0 Å². The number of aryl methyl sites for hydroxylation is 1. The Morgan fingerprint density at radius 2 is 2.13 bits per heavy atom. The van der Waals surface area contributed by atoms with Crippen LogP contribution < -0.4 is 4.74 Å². The molecular weight excluding hydrogens is 301 g/mol. The van der Waals surface area contributed by atoms with Gasteiger partial charge in [-0.2, -0.15) is 0 Å². The summed E-state index contributed by atoms with van der Waals surface area (Å²) >= 11 is 0. The summed E-state index contributed by atoms with van der Waals surface area (Å²) in [6.07, 6.45) is 3.06. The van der Waals surface area contributed by atoms with E-state index in [2.05, 4.69) is 9.97 Å². The molecule has 3 rings (SSSR count). The second-order valence-corrected chi connectivity index (χ2v) is 4.97. The van der Waals surface area contributed by atoms with E-state index in [0.29, 0.717) is 22.3 Å². The number of imidazole rings is 1. The fourth-order valence-corrected chi connectivity index (χ4v) is 2.15. The lowest BCUT2D eigenvalue weighted by atomic mass is 10.2. The number of halogens is 1. The van der Waals surface area contributed by atoms with E-state index in [0.717, 1.165) is 0 Å². The molecule has 0 radical (unpaired) electrons. The topological polar surface area (TPSA) is 66.2 Å². The summed E-state index contributed by atoms with van der Waals surface area (Å²) < 4.78 is 25.2. The van der Waals surface area contributed by atoms with Gasteiger partial charge in [0.25, 0.3) is 0 Å². The number of esters is 1. The van der Waals surface area contributed by atoms with Gasteiger partial charge in [-0.1, -0.05) is 6.07 Å². The van der Waals surface area contributed by atoms with Crippen molar-refractivity contribution < 1.29 is 18.7 Å². The molecule has 0 aliphatic heterocycles. The lowest BCUT2D eigenvalue weighted by Crippen LogP contribution is -2.06. The standard InChI is InChI=1S/C16H14FN3O3/c1-20-9-19-13-6-11(7-18-15(13)20)16(21)23-8-10-3-4-12(17)14(5-10)22-2/h3-7,9H,8H2,1-2H3. The molecule has 0 unspecified atom stereocenters. The number of pyridine rings is 1. The Bertz CT molecular complexity index is 876. The van der Waals surface area contributed by atoms with Crippen LogP contribution in [0, 0.1) is 5.82 Å². The minimum absolute atomic E-state index is 0.00965. The molecule has 7 heteroatoms. The third-order valence-electron chi connectivity index (χ3n) is 3.37. The fraction of sp³-hybridized carbons (Fsp3) is 0.188. The van der Waals surface area contributed by atoms with Gasteiger partial charge in [0, 0.05) is 13.2 Å². The van der Waals surface area contributed by atoms with Gasteiger partial charge in [-0.3, -0.25) is 0 Å². The molecule has 0 N–H and O–H groups in total. The second kappa shape index (κ2) is 6.04. The summed E-state index contributed by atoms with van der Waals surface area (Å²) in [6.45, 7) is 0.00965. The van der Waals surface area contributed by atoms with Crippen LogP contribution in [-0.4, -0.2) is 27.6 Å². The number of methoxy groups -OCH3 is 1. The molecule has 0 bridgehead atoms. The third-order valence-corrected chi connectivity index (χ3v) is 3.37. The van der Waals surface area contributed by atoms with Gasteiger partial charge in [0.15, 0.2) is 17.2 Å². The van der Waals surface area contributed by atoms with E-state index in [-0.39, 0.29) is 12.4 Å². The average Bonchev–Trinajstić information content (AvgIpc) is 2.94. The molecule has 6 nitrogen and oxygen atoms in total. The third kappa shape index (κ3) is 2.98. The van der Waals surface area contributed by atoms with E-state index < -0.39 is 11.8 Å². The Labute approximate surface area is 131 Å². The van der Waals surface area contributed by atoms with E-state index in [1.165, 1.54) is 31.5 Å². The van der Waals surface area contributed by atoms with Crippen molar-refractivity contribution in [2.45, 2.75) is 6.61 Å². The summed E-state index contributed by atoms with van der Waals surface area (Å²) in [5.74, 6) is -0.879. The van der Waals surface area contributed by atoms with Crippen molar-refractivity contribution in [1.82, 2.24) is 14.5 Å². The van der Waals surface area contributed by atoms with Gasteiger partial charge in [-0.25, -0.2) is 19.2 Å². The lowest BCUT2D eigenvalue weighted by molar-refractivity contribution is 0.0472. The largest absolute Gasteiger partial charge is 0.494 e. The molecule has 0 amide bonds. The molecule has 0 saturated carbocycles. The van der Waals surface area contributed by atoms with E-state index >= 15 is 0 Å². The number of ether oxygens (including phenoxy) is 2. The number of carbonyl (C=O) groups is 1.